The molecule has 1 aromatic rings. The zero-order valence-electron chi connectivity index (χ0n) is 10.7. The first kappa shape index (κ1) is 15.7. The number of halogens is 2. The molecule has 0 atom stereocenters. The maximum absolute atomic E-state index is 13.6. The first-order chi connectivity index (χ1) is 9.81. The van der Waals surface area contributed by atoms with E-state index in [1.54, 1.807) is 4.89 Å². The molecule has 1 aliphatic rings. The Hall–Kier alpha value is -1.65. The molecule has 0 heterocycles. The van der Waals surface area contributed by atoms with Crippen molar-refractivity contribution in [3.63, 3.8) is 0 Å². The first-order valence-corrected chi connectivity index (χ1v) is 7.60. The molecule has 0 aliphatic heterocycles. The van der Waals surface area contributed by atoms with Gasteiger partial charge in [0.15, 0.2) is 0 Å². The fraction of sp³-hybridized carbons (Fsp3) is 0.455. The molecule has 0 unspecified atom stereocenters. The summed E-state index contributed by atoms with van der Waals surface area (Å²) in [7, 11) is -4.47. The van der Waals surface area contributed by atoms with Gasteiger partial charge in [-0.15, -0.1) is 0 Å². The summed E-state index contributed by atoms with van der Waals surface area (Å²) in [6.07, 6.45) is 2.78. The fourth-order valence-corrected chi connectivity index (χ4v) is 2.98. The Morgan fingerprint density at radius 1 is 1.24 bits per heavy atom. The van der Waals surface area contributed by atoms with Gasteiger partial charge in [-0.3, -0.25) is 15.0 Å². The second-order valence-electron chi connectivity index (χ2n) is 4.60. The number of rotatable bonds is 5. The normalized spacial score (nSPS) is 16.3. The summed E-state index contributed by atoms with van der Waals surface area (Å²) >= 11 is 0. The van der Waals surface area contributed by atoms with Crippen LogP contribution in [0.15, 0.2) is 17.0 Å². The Morgan fingerprint density at radius 3 is 2.43 bits per heavy atom. The van der Waals surface area contributed by atoms with Crippen LogP contribution >= 0.6 is 0 Å². The Kier molecular flexibility index (Phi) is 4.49. The molecule has 2 rings (SSSR count). The van der Waals surface area contributed by atoms with Crippen LogP contribution in [0.3, 0.4) is 0 Å². The van der Waals surface area contributed by atoms with Gasteiger partial charge >= 0.3 is 5.69 Å². The topological polar surface area (TPSA) is 98.5 Å². The van der Waals surface area contributed by atoms with E-state index < -0.39 is 37.2 Å². The van der Waals surface area contributed by atoms with Crippen LogP contribution in [0.4, 0.5) is 14.5 Å². The van der Waals surface area contributed by atoms with Crippen molar-refractivity contribution in [3.05, 3.63) is 33.9 Å². The van der Waals surface area contributed by atoms with Crippen molar-refractivity contribution in [2.24, 2.45) is 0 Å². The Balaban J connectivity index is 2.26. The lowest BCUT2D eigenvalue weighted by Gasteiger charge is -2.12. The summed E-state index contributed by atoms with van der Waals surface area (Å²) in [6, 6.07) is 0.479. The minimum atomic E-state index is -4.47. The van der Waals surface area contributed by atoms with Crippen LogP contribution in [-0.4, -0.2) is 19.4 Å². The highest BCUT2D eigenvalue weighted by molar-refractivity contribution is 7.89. The quantitative estimate of drug-likeness (QED) is 0.660. The summed E-state index contributed by atoms with van der Waals surface area (Å²) in [5, 5.41) is 10.6. The zero-order chi connectivity index (χ0) is 15.6. The molecule has 0 spiro atoms. The zero-order valence-corrected chi connectivity index (χ0v) is 11.5. The van der Waals surface area contributed by atoms with E-state index in [4.69, 9.17) is 4.84 Å². The number of nitro benzene ring substituents is 1. The fourth-order valence-electron chi connectivity index (χ4n) is 2.05. The van der Waals surface area contributed by atoms with Gasteiger partial charge in [0, 0.05) is 12.1 Å². The van der Waals surface area contributed by atoms with Crippen molar-refractivity contribution >= 4 is 15.7 Å². The molecular weight excluding hydrogens is 310 g/mol. The number of sulfonamides is 1. The van der Waals surface area contributed by atoms with Gasteiger partial charge in [-0.2, -0.15) is 4.39 Å². The predicted molar refractivity (Wildman–Crippen MR) is 66.7 cm³/mol. The van der Waals surface area contributed by atoms with Crippen LogP contribution in [0.1, 0.15) is 25.7 Å². The summed E-state index contributed by atoms with van der Waals surface area (Å²) in [5.74, 6) is -2.88. The smallest absolute Gasteiger partial charge is 0.284 e. The molecule has 21 heavy (non-hydrogen) atoms. The summed E-state index contributed by atoms with van der Waals surface area (Å²) in [5.41, 5.74) is -1.13. The average Bonchev–Trinajstić information content (AvgIpc) is 2.88. The molecule has 1 aromatic carbocycles. The third-order valence-corrected chi connectivity index (χ3v) is 4.32. The van der Waals surface area contributed by atoms with E-state index in [2.05, 4.69) is 0 Å². The summed E-state index contributed by atoms with van der Waals surface area (Å²) in [6.45, 7) is 0. The number of nitrogens with one attached hydrogen (secondary N) is 1. The lowest BCUT2D eigenvalue weighted by Crippen LogP contribution is -2.29. The van der Waals surface area contributed by atoms with Crippen molar-refractivity contribution in [1.82, 2.24) is 4.89 Å². The summed E-state index contributed by atoms with van der Waals surface area (Å²) < 4.78 is 50.5. The molecule has 1 fully saturated rings. The van der Waals surface area contributed by atoms with E-state index in [-0.39, 0.29) is 12.2 Å². The molecule has 1 N–H and O–H groups in total. The molecule has 0 bridgehead atoms. The van der Waals surface area contributed by atoms with Crippen molar-refractivity contribution in [1.29, 1.82) is 0 Å². The minimum Gasteiger partial charge on any atom is -0.284 e. The Bertz CT molecular complexity index is 659. The highest BCUT2D eigenvalue weighted by Gasteiger charge is 2.28. The van der Waals surface area contributed by atoms with Crippen LogP contribution in [0.5, 0.6) is 0 Å². The van der Waals surface area contributed by atoms with Gasteiger partial charge in [-0.05, 0) is 12.8 Å². The average molecular weight is 322 g/mol. The molecule has 10 heteroatoms. The van der Waals surface area contributed by atoms with Crippen molar-refractivity contribution in [2.45, 2.75) is 36.7 Å². The second-order valence-corrected chi connectivity index (χ2v) is 6.22. The SMILES string of the molecule is O=[N+]([O-])c1cc(S(=O)(=O)NOC2CCCC2)c(F)cc1F. The number of hydrogen-bond donors (Lipinski definition) is 1. The molecule has 0 aromatic heterocycles. The largest absolute Gasteiger partial charge is 0.306 e. The second kappa shape index (κ2) is 6.00. The molecule has 0 saturated heterocycles. The number of hydrogen-bond acceptors (Lipinski definition) is 5. The molecule has 1 aliphatic carbocycles. The van der Waals surface area contributed by atoms with Gasteiger partial charge in [0.25, 0.3) is 10.0 Å². The van der Waals surface area contributed by atoms with E-state index in [1.165, 1.54) is 0 Å². The Labute approximate surface area is 119 Å². The number of nitro groups is 1. The number of nitrogens with zero attached hydrogens (tertiary/aromatic N) is 1. The highest BCUT2D eigenvalue weighted by atomic mass is 32.2. The van der Waals surface area contributed by atoms with Crippen molar-refractivity contribution in [2.75, 3.05) is 0 Å². The Morgan fingerprint density at radius 2 is 1.86 bits per heavy atom. The van der Waals surface area contributed by atoms with Gasteiger partial charge in [-0.25, -0.2) is 12.8 Å². The van der Waals surface area contributed by atoms with Crippen LogP contribution in [-0.2, 0) is 14.9 Å². The van der Waals surface area contributed by atoms with Crippen LogP contribution in [0.25, 0.3) is 0 Å². The van der Waals surface area contributed by atoms with E-state index in [0.29, 0.717) is 18.9 Å². The molecule has 1 saturated carbocycles. The molecule has 0 amide bonds. The third-order valence-electron chi connectivity index (χ3n) is 3.11. The van der Waals surface area contributed by atoms with Crippen LogP contribution < -0.4 is 4.89 Å². The molecule has 116 valence electrons. The standard InChI is InChI=1S/C11H12F2N2O5S/c12-8-5-9(13)11(6-10(8)15(16)17)21(18,19)14-20-7-3-1-2-4-7/h5-7,14H,1-4H2. The van der Waals surface area contributed by atoms with Gasteiger partial charge < -0.3 is 0 Å². The lowest BCUT2D eigenvalue weighted by atomic mass is 10.3. The number of benzene rings is 1. The van der Waals surface area contributed by atoms with E-state index in [9.17, 15) is 27.3 Å². The van der Waals surface area contributed by atoms with Crippen molar-refractivity contribution < 1.29 is 27.0 Å². The van der Waals surface area contributed by atoms with Gasteiger partial charge in [-0.1, -0.05) is 17.7 Å². The molecular formula is C11H12F2N2O5S. The van der Waals surface area contributed by atoms with E-state index in [1.807, 2.05) is 0 Å². The first-order valence-electron chi connectivity index (χ1n) is 6.12. The summed E-state index contributed by atoms with van der Waals surface area (Å²) in [4.78, 5) is 15.1. The predicted octanol–water partition coefficient (Wildman–Crippen LogP) is 2.03. The van der Waals surface area contributed by atoms with Gasteiger partial charge in [0.2, 0.25) is 5.82 Å². The van der Waals surface area contributed by atoms with Gasteiger partial charge in [0.1, 0.15) is 10.7 Å². The monoisotopic (exact) mass is 322 g/mol. The third kappa shape index (κ3) is 3.52. The van der Waals surface area contributed by atoms with Gasteiger partial charge in [0.05, 0.1) is 11.0 Å². The molecule has 7 nitrogen and oxygen atoms in total. The maximum Gasteiger partial charge on any atom is 0.306 e. The van der Waals surface area contributed by atoms with Crippen LogP contribution in [0.2, 0.25) is 0 Å². The minimum absolute atomic E-state index is 0.155. The lowest BCUT2D eigenvalue weighted by molar-refractivity contribution is -0.387. The van der Waals surface area contributed by atoms with Crippen LogP contribution in [0, 0.1) is 21.7 Å². The van der Waals surface area contributed by atoms with E-state index >= 15 is 0 Å². The highest BCUT2D eigenvalue weighted by Crippen LogP contribution is 2.25. The molecule has 0 radical (unpaired) electrons. The van der Waals surface area contributed by atoms with E-state index in [0.717, 1.165) is 12.8 Å². The van der Waals surface area contributed by atoms with Crippen molar-refractivity contribution in [3.8, 4) is 0 Å². The maximum atomic E-state index is 13.6.